The normalized spacial score (nSPS) is 41.0. The van der Waals surface area contributed by atoms with Gasteiger partial charge in [0, 0.05) is 0 Å². The Morgan fingerprint density at radius 3 is 2.35 bits per heavy atom. The summed E-state index contributed by atoms with van der Waals surface area (Å²) in [6, 6.07) is 0. The van der Waals surface area contributed by atoms with Crippen LogP contribution in [0.5, 0.6) is 0 Å². The minimum atomic E-state index is -0.116. The third-order valence-electron chi connectivity index (χ3n) is 7.21. The molecule has 0 amide bonds. The number of carbonyl (C=O) groups is 1. The van der Waals surface area contributed by atoms with Crippen LogP contribution in [0.25, 0.3) is 0 Å². The lowest BCUT2D eigenvalue weighted by Gasteiger charge is -2.41. The molecule has 3 aliphatic carbocycles. The van der Waals surface area contributed by atoms with Crippen LogP contribution in [0.2, 0.25) is 0 Å². The number of rotatable bonds is 3. The SMILES string of the molecule is CCC1(OC(=O)C2CC3CC2C(C)(C)C3C)CCCC1. The first-order chi connectivity index (χ1) is 9.39. The minimum Gasteiger partial charge on any atom is -0.459 e. The van der Waals surface area contributed by atoms with E-state index in [1.807, 2.05) is 0 Å². The second-order valence-electron chi connectivity index (χ2n) is 8.22. The van der Waals surface area contributed by atoms with Crippen molar-refractivity contribution in [1.82, 2.24) is 0 Å². The van der Waals surface area contributed by atoms with Crippen LogP contribution in [-0.2, 0) is 9.53 Å². The van der Waals surface area contributed by atoms with Crippen LogP contribution >= 0.6 is 0 Å². The predicted octanol–water partition coefficient (Wildman–Crippen LogP) is 4.57. The van der Waals surface area contributed by atoms with Gasteiger partial charge in [-0.3, -0.25) is 4.79 Å². The molecule has 0 aromatic rings. The Bertz CT molecular complexity index is 392. The van der Waals surface area contributed by atoms with E-state index in [1.54, 1.807) is 0 Å². The van der Waals surface area contributed by atoms with Gasteiger partial charge < -0.3 is 4.74 Å². The third-order valence-corrected chi connectivity index (χ3v) is 7.21. The maximum Gasteiger partial charge on any atom is 0.309 e. The summed E-state index contributed by atoms with van der Waals surface area (Å²) in [6.07, 6.45) is 7.91. The van der Waals surface area contributed by atoms with Gasteiger partial charge in [0.1, 0.15) is 5.60 Å². The zero-order valence-electron chi connectivity index (χ0n) is 13.6. The standard InChI is InChI=1S/C18H30O2/c1-5-18(8-6-7-9-18)20-16(19)14-10-13-11-15(14)17(3,4)12(13)2/h12-15H,5-11H2,1-4H3. The molecule has 2 bridgehead atoms. The van der Waals surface area contributed by atoms with Crippen LogP contribution in [0.4, 0.5) is 0 Å². The largest absolute Gasteiger partial charge is 0.459 e. The van der Waals surface area contributed by atoms with Crippen molar-refractivity contribution in [1.29, 1.82) is 0 Å². The van der Waals surface area contributed by atoms with Gasteiger partial charge in [-0.05, 0) is 68.1 Å². The van der Waals surface area contributed by atoms with Crippen molar-refractivity contribution >= 4 is 5.97 Å². The fourth-order valence-corrected chi connectivity index (χ4v) is 5.35. The van der Waals surface area contributed by atoms with Crippen LogP contribution < -0.4 is 0 Å². The monoisotopic (exact) mass is 278 g/mol. The number of hydrogen-bond acceptors (Lipinski definition) is 2. The average Bonchev–Trinajstić information content (AvgIpc) is 3.08. The number of esters is 1. The van der Waals surface area contributed by atoms with Gasteiger partial charge in [0.25, 0.3) is 0 Å². The molecule has 2 heteroatoms. The van der Waals surface area contributed by atoms with Crippen molar-refractivity contribution in [2.45, 2.75) is 78.2 Å². The van der Waals surface area contributed by atoms with Crippen LogP contribution in [0, 0.1) is 29.1 Å². The molecule has 0 spiro atoms. The summed E-state index contributed by atoms with van der Waals surface area (Å²) >= 11 is 0. The van der Waals surface area contributed by atoms with Crippen molar-refractivity contribution < 1.29 is 9.53 Å². The lowest BCUT2D eigenvalue weighted by molar-refractivity contribution is -0.169. The van der Waals surface area contributed by atoms with Crippen LogP contribution in [-0.4, -0.2) is 11.6 Å². The van der Waals surface area contributed by atoms with Crippen LogP contribution in [0.3, 0.4) is 0 Å². The molecule has 0 radical (unpaired) electrons. The molecule has 20 heavy (non-hydrogen) atoms. The van der Waals surface area contributed by atoms with E-state index >= 15 is 0 Å². The molecule has 114 valence electrons. The lowest BCUT2D eigenvalue weighted by atomic mass is 9.65. The fraction of sp³-hybridized carbons (Fsp3) is 0.944. The molecule has 0 aliphatic heterocycles. The summed E-state index contributed by atoms with van der Waals surface area (Å²) in [6.45, 7) is 9.25. The first-order valence-electron chi connectivity index (χ1n) is 8.62. The van der Waals surface area contributed by atoms with Gasteiger partial charge in [-0.25, -0.2) is 0 Å². The molecule has 4 atom stereocenters. The van der Waals surface area contributed by atoms with E-state index in [9.17, 15) is 4.79 Å². The summed E-state index contributed by atoms with van der Waals surface area (Å²) < 4.78 is 6.07. The molecule has 3 fully saturated rings. The average molecular weight is 278 g/mol. The Morgan fingerprint density at radius 1 is 1.20 bits per heavy atom. The van der Waals surface area contributed by atoms with Crippen LogP contribution in [0.15, 0.2) is 0 Å². The highest BCUT2D eigenvalue weighted by Crippen LogP contribution is 2.62. The van der Waals surface area contributed by atoms with E-state index in [0.717, 1.165) is 37.5 Å². The van der Waals surface area contributed by atoms with E-state index in [0.29, 0.717) is 11.3 Å². The van der Waals surface area contributed by atoms with Crippen molar-refractivity contribution in [3.05, 3.63) is 0 Å². The summed E-state index contributed by atoms with van der Waals surface area (Å²) in [5.74, 6) is 2.35. The molecular formula is C18H30O2. The number of ether oxygens (including phenoxy) is 1. The number of fused-ring (bicyclic) bond motifs is 2. The topological polar surface area (TPSA) is 26.3 Å². The van der Waals surface area contributed by atoms with Crippen molar-refractivity contribution in [2.24, 2.45) is 29.1 Å². The second kappa shape index (κ2) is 4.74. The zero-order chi connectivity index (χ0) is 14.5. The first kappa shape index (κ1) is 14.4. The summed E-state index contributed by atoms with van der Waals surface area (Å²) in [7, 11) is 0. The first-order valence-corrected chi connectivity index (χ1v) is 8.62. The minimum absolute atomic E-state index is 0.116. The Morgan fingerprint density at radius 2 is 1.85 bits per heavy atom. The van der Waals surface area contributed by atoms with Gasteiger partial charge in [0.15, 0.2) is 0 Å². The van der Waals surface area contributed by atoms with Crippen molar-refractivity contribution in [2.75, 3.05) is 0 Å². The quantitative estimate of drug-likeness (QED) is 0.707. The molecule has 0 N–H and O–H groups in total. The van der Waals surface area contributed by atoms with Gasteiger partial charge >= 0.3 is 5.97 Å². The highest BCUT2D eigenvalue weighted by Gasteiger charge is 2.58. The summed E-state index contributed by atoms with van der Waals surface area (Å²) in [5.41, 5.74) is 0.191. The van der Waals surface area contributed by atoms with Crippen molar-refractivity contribution in [3.8, 4) is 0 Å². The molecular weight excluding hydrogens is 248 g/mol. The third kappa shape index (κ3) is 2.02. The van der Waals surface area contributed by atoms with E-state index in [4.69, 9.17) is 4.74 Å². The van der Waals surface area contributed by atoms with E-state index < -0.39 is 0 Å². The Kier molecular flexibility index (Phi) is 3.42. The van der Waals surface area contributed by atoms with Gasteiger partial charge in [0.05, 0.1) is 5.92 Å². The molecule has 0 heterocycles. The molecule has 3 rings (SSSR count). The Hall–Kier alpha value is -0.530. The Labute approximate surface area is 123 Å². The molecule has 0 aromatic carbocycles. The number of hydrogen-bond donors (Lipinski definition) is 0. The number of carbonyl (C=O) groups excluding carboxylic acids is 1. The van der Waals surface area contributed by atoms with Gasteiger partial charge in [-0.1, -0.05) is 27.7 Å². The molecule has 0 saturated heterocycles. The molecule has 0 aromatic heterocycles. The highest BCUT2D eigenvalue weighted by molar-refractivity contribution is 5.74. The molecule has 2 nitrogen and oxygen atoms in total. The van der Waals surface area contributed by atoms with E-state index in [1.165, 1.54) is 19.3 Å². The van der Waals surface area contributed by atoms with Crippen LogP contribution in [0.1, 0.15) is 72.6 Å². The zero-order valence-corrected chi connectivity index (χ0v) is 13.6. The highest BCUT2D eigenvalue weighted by atomic mass is 16.6. The fourth-order valence-electron chi connectivity index (χ4n) is 5.35. The second-order valence-corrected chi connectivity index (χ2v) is 8.22. The smallest absolute Gasteiger partial charge is 0.309 e. The maximum atomic E-state index is 12.7. The van der Waals surface area contributed by atoms with E-state index in [2.05, 4.69) is 27.7 Å². The molecule has 4 unspecified atom stereocenters. The summed E-state index contributed by atoms with van der Waals surface area (Å²) in [5, 5.41) is 0. The summed E-state index contributed by atoms with van der Waals surface area (Å²) in [4.78, 5) is 12.7. The Balaban J connectivity index is 1.70. The molecule has 3 saturated carbocycles. The van der Waals surface area contributed by atoms with Gasteiger partial charge in [-0.2, -0.15) is 0 Å². The molecule has 3 aliphatic rings. The van der Waals surface area contributed by atoms with E-state index in [-0.39, 0.29) is 17.5 Å². The predicted molar refractivity (Wildman–Crippen MR) is 80.2 cm³/mol. The van der Waals surface area contributed by atoms with Gasteiger partial charge in [0.2, 0.25) is 0 Å². The van der Waals surface area contributed by atoms with Crippen molar-refractivity contribution in [3.63, 3.8) is 0 Å². The van der Waals surface area contributed by atoms with Gasteiger partial charge in [-0.15, -0.1) is 0 Å². The lowest BCUT2D eigenvalue weighted by Crippen LogP contribution is -2.41. The maximum absolute atomic E-state index is 12.7.